The summed E-state index contributed by atoms with van der Waals surface area (Å²) >= 11 is 0. The van der Waals surface area contributed by atoms with Gasteiger partial charge in [0, 0.05) is 0 Å². The molecule has 0 saturated heterocycles. The Labute approximate surface area is 117 Å². The van der Waals surface area contributed by atoms with E-state index in [-0.39, 0.29) is 0 Å². The van der Waals surface area contributed by atoms with Crippen molar-refractivity contribution in [3.05, 3.63) is 34.9 Å². The van der Waals surface area contributed by atoms with E-state index in [2.05, 4.69) is 6.92 Å². The quantitative estimate of drug-likeness (QED) is 0.827. The number of aliphatic hydroxyl groups is 1. The van der Waals surface area contributed by atoms with Crippen LogP contribution in [0, 0.1) is 12.8 Å². The predicted molar refractivity (Wildman–Crippen MR) is 72.3 cm³/mol. The Morgan fingerprint density at radius 1 is 1.35 bits per heavy atom. The van der Waals surface area contributed by atoms with Gasteiger partial charge in [-0.2, -0.15) is 13.2 Å². The van der Waals surface area contributed by atoms with E-state index in [1.54, 1.807) is 6.92 Å². The molecule has 20 heavy (non-hydrogen) atoms. The monoisotopic (exact) mass is 286 g/mol. The van der Waals surface area contributed by atoms with Crippen molar-refractivity contribution in [1.82, 2.24) is 0 Å². The first-order chi connectivity index (χ1) is 9.26. The molecule has 1 aliphatic carbocycles. The maximum absolute atomic E-state index is 12.7. The molecule has 1 aromatic carbocycles. The summed E-state index contributed by atoms with van der Waals surface area (Å²) in [5.74, 6) is 0.454. The van der Waals surface area contributed by atoms with Crippen LogP contribution in [0.2, 0.25) is 0 Å². The van der Waals surface area contributed by atoms with Gasteiger partial charge in [0.1, 0.15) is 0 Å². The average Bonchev–Trinajstić information content (AvgIpc) is 2.37. The van der Waals surface area contributed by atoms with Gasteiger partial charge < -0.3 is 5.11 Å². The molecule has 2 atom stereocenters. The number of hydrogen-bond donors (Lipinski definition) is 1. The van der Waals surface area contributed by atoms with Crippen molar-refractivity contribution >= 4 is 0 Å². The smallest absolute Gasteiger partial charge is 0.385 e. The van der Waals surface area contributed by atoms with Crippen LogP contribution in [0.5, 0.6) is 0 Å². The standard InChI is InChI=1S/C16H21F3O/c1-3-12-5-4-8-15(20,10-12)14-7-6-13(9-11(14)2)16(17,18)19/h6-7,9,12,20H,3-5,8,10H2,1-2H3. The van der Waals surface area contributed by atoms with Crippen molar-refractivity contribution in [1.29, 1.82) is 0 Å². The largest absolute Gasteiger partial charge is 0.416 e. The van der Waals surface area contributed by atoms with Crippen LogP contribution in [0.4, 0.5) is 13.2 Å². The molecule has 0 radical (unpaired) electrons. The van der Waals surface area contributed by atoms with Crippen molar-refractivity contribution < 1.29 is 18.3 Å². The Hall–Kier alpha value is -1.03. The highest BCUT2D eigenvalue weighted by Gasteiger charge is 2.37. The lowest BCUT2D eigenvalue weighted by molar-refractivity contribution is -0.137. The second kappa shape index (κ2) is 5.40. The summed E-state index contributed by atoms with van der Waals surface area (Å²) in [4.78, 5) is 0. The Morgan fingerprint density at radius 3 is 2.60 bits per heavy atom. The average molecular weight is 286 g/mol. The van der Waals surface area contributed by atoms with Crippen LogP contribution in [0.3, 0.4) is 0 Å². The molecule has 0 aromatic heterocycles. The lowest BCUT2D eigenvalue weighted by Crippen LogP contribution is -2.33. The van der Waals surface area contributed by atoms with Crippen LogP contribution >= 0.6 is 0 Å². The zero-order valence-corrected chi connectivity index (χ0v) is 11.9. The van der Waals surface area contributed by atoms with E-state index in [1.165, 1.54) is 6.07 Å². The summed E-state index contributed by atoms with van der Waals surface area (Å²) in [6.45, 7) is 3.74. The second-order valence-corrected chi connectivity index (χ2v) is 5.93. The Bertz CT molecular complexity index is 481. The number of benzene rings is 1. The van der Waals surface area contributed by atoms with Gasteiger partial charge in [-0.15, -0.1) is 0 Å². The fraction of sp³-hybridized carbons (Fsp3) is 0.625. The summed E-state index contributed by atoms with van der Waals surface area (Å²) < 4.78 is 38.1. The Morgan fingerprint density at radius 2 is 2.05 bits per heavy atom. The van der Waals surface area contributed by atoms with Gasteiger partial charge in [-0.05, 0) is 55.4 Å². The van der Waals surface area contributed by atoms with Crippen LogP contribution in [-0.4, -0.2) is 5.11 Å². The topological polar surface area (TPSA) is 20.2 Å². The van der Waals surface area contributed by atoms with Gasteiger partial charge in [0.05, 0.1) is 11.2 Å². The molecule has 1 fully saturated rings. The highest BCUT2D eigenvalue weighted by Crippen LogP contribution is 2.43. The van der Waals surface area contributed by atoms with Crippen LogP contribution < -0.4 is 0 Å². The van der Waals surface area contributed by atoms with E-state index in [9.17, 15) is 18.3 Å². The van der Waals surface area contributed by atoms with Crippen molar-refractivity contribution in [2.24, 2.45) is 5.92 Å². The molecule has 4 heteroatoms. The fourth-order valence-corrected chi connectivity index (χ4v) is 3.32. The molecular formula is C16H21F3O. The maximum Gasteiger partial charge on any atom is 0.416 e. The highest BCUT2D eigenvalue weighted by molar-refractivity contribution is 5.36. The summed E-state index contributed by atoms with van der Waals surface area (Å²) in [6, 6.07) is 3.68. The number of aryl methyl sites for hydroxylation is 1. The molecule has 0 aliphatic heterocycles. The van der Waals surface area contributed by atoms with Crippen LogP contribution in [0.25, 0.3) is 0 Å². The van der Waals surface area contributed by atoms with E-state index >= 15 is 0 Å². The lowest BCUT2D eigenvalue weighted by Gasteiger charge is -2.38. The Kier molecular flexibility index (Phi) is 4.14. The van der Waals surface area contributed by atoms with E-state index in [4.69, 9.17) is 0 Å². The summed E-state index contributed by atoms with van der Waals surface area (Å²) in [6.07, 6.45) is -0.0220. The molecule has 0 bridgehead atoms. The number of rotatable bonds is 2. The van der Waals surface area contributed by atoms with Crippen molar-refractivity contribution in [3.8, 4) is 0 Å². The number of halogens is 3. The molecule has 1 aliphatic rings. The summed E-state index contributed by atoms with van der Waals surface area (Å²) in [7, 11) is 0. The third-order valence-electron chi connectivity index (χ3n) is 4.46. The van der Waals surface area contributed by atoms with E-state index in [0.717, 1.165) is 31.4 Å². The molecule has 1 N–H and O–H groups in total. The van der Waals surface area contributed by atoms with E-state index < -0.39 is 17.3 Å². The van der Waals surface area contributed by atoms with Crippen molar-refractivity contribution in [2.45, 2.75) is 57.7 Å². The van der Waals surface area contributed by atoms with Gasteiger partial charge in [0.25, 0.3) is 0 Å². The molecule has 112 valence electrons. The zero-order valence-electron chi connectivity index (χ0n) is 11.9. The summed E-state index contributed by atoms with van der Waals surface area (Å²) in [5.41, 5.74) is -0.430. The minimum absolute atomic E-state index is 0.454. The molecular weight excluding hydrogens is 265 g/mol. The third-order valence-corrected chi connectivity index (χ3v) is 4.46. The van der Waals surface area contributed by atoms with Gasteiger partial charge in [-0.3, -0.25) is 0 Å². The second-order valence-electron chi connectivity index (χ2n) is 5.93. The first kappa shape index (κ1) is 15.4. The number of alkyl halides is 3. The van der Waals surface area contributed by atoms with Crippen LogP contribution in [0.1, 0.15) is 55.7 Å². The van der Waals surface area contributed by atoms with Crippen molar-refractivity contribution in [2.75, 3.05) is 0 Å². The SMILES string of the molecule is CCC1CCCC(O)(c2ccc(C(F)(F)F)cc2C)C1. The van der Waals surface area contributed by atoms with Crippen molar-refractivity contribution in [3.63, 3.8) is 0 Å². The molecule has 0 heterocycles. The van der Waals surface area contributed by atoms with Gasteiger partial charge in [-0.1, -0.05) is 25.8 Å². The molecule has 2 unspecified atom stereocenters. The van der Waals surface area contributed by atoms with Crippen LogP contribution in [-0.2, 0) is 11.8 Å². The minimum Gasteiger partial charge on any atom is -0.385 e. The predicted octanol–water partition coefficient (Wildman–Crippen LogP) is 4.80. The fourth-order valence-electron chi connectivity index (χ4n) is 3.32. The summed E-state index contributed by atoms with van der Waals surface area (Å²) in [5, 5.41) is 10.8. The normalized spacial score (nSPS) is 27.6. The highest BCUT2D eigenvalue weighted by atomic mass is 19.4. The molecule has 1 aromatic rings. The van der Waals surface area contributed by atoms with Gasteiger partial charge in [-0.25, -0.2) is 0 Å². The zero-order chi connectivity index (χ0) is 15.0. The van der Waals surface area contributed by atoms with E-state index in [1.807, 2.05) is 0 Å². The molecule has 0 spiro atoms. The van der Waals surface area contributed by atoms with Gasteiger partial charge in [0.2, 0.25) is 0 Å². The maximum atomic E-state index is 12.7. The molecule has 0 amide bonds. The Balaban J connectivity index is 2.33. The third kappa shape index (κ3) is 3.00. The van der Waals surface area contributed by atoms with Gasteiger partial charge >= 0.3 is 6.18 Å². The molecule has 2 rings (SSSR count). The number of hydrogen-bond acceptors (Lipinski definition) is 1. The first-order valence-electron chi connectivity index (χ1n) is 7.17. The first-order valence-corrected chi connectivity index (χ1v) is 7.17. The molecule has 1 nitrogen and oxygen atoms in total. The molecule has 1 saturated carbocycles. The lowest BCUT2D eigenvalue weighted by atomic mass is 9.72. The van der Waals surface area contributed by atoms with E-state index in [0.29, 0.717) is 29.9 Å². The van der Waals surface area contributed by atoms with Crippen LogP contribution in [0.15, 0.2) is 18.2 Å². The van der Waals surface area contributed by atoms with Gasteiger partial charge in [0.15, 0.2) is 0 Å². The minimum atomic E-state index is -4.33.